The van der Waals surface area contributed by atoms with E-state index in [2.05, 4.69) is 29.1 Å². The highest BCUT2D eigenvalue weighted by atomic mass is 16.5. The minimum atomic E-state index is 0.744. The number of aromatic nitrogens is 2. The first-order valence-corrected chi connectivity index (χ1v) is 7.13. The zero-order chi connectivity index (χ0) is 14.2. The molecule has 0 aliphatic rings. The molecular weight excluding hydrogens is 250 g/mol. The molecule has 0 amide bonds. The zero-order valence-corrected chi connectivity index (χ0v) is 12.1. The second-order valence-corrected chi connectivity index (χ2v) is 4.55. The predicted octanol–water partition coefficient (Wildman–Crippen LogP) is 3.75. The molecule has 0 spiro atoms. The van der Waals surface area contributed by atoms with Gasteiger partial charge in [-0.15, -0.1) is 0 Å². The lowest BCUT2D eigenvalue weighted by atomic mass is 10.1. The van der Waals surface area contributed by atoms with Crippen LogP contribution in [0.1, 0.15) is 26.7 Å². The largest absolute Gasteiger partial charge is 0.494 e. The molecule has 0 saturated heterocycles. The summed E-state index contributed by atoms with van der Waals surface area (Å²) in [5.74, 6) is 1.72. The van der Waals surface area contributed by atoms with Crippen molar-refractivity contribution in [2.24, 2.45) is 0 Å². The Bertz CT molecular complexity index is 526. The first-order valence-electron chi connectivity index (χ1n) is 7.13. The van der Waals surface area contributed by atoms with Crippen molar-refractivity contribution in [3.05, 3.63) is 36.7 Å². The Labute approximate surface area is 120 Å². The van der Waals surface area contributed by atoms with Crippen LogP contribution in [0.4, 0.5) is 5.82 Å². The van der Waals surface area contributed by atoms with Gasteiger partial charge < -0.3 is 10.1 Å². The maximum Gasteiger partial charge on any atom is 0.152 e. The molecule has 2 aromatic rings. The van der Waals surface area contributed by atoms with Gasteiger partial charge in [0.15, 0.2) is 5.82 Å². The summed E-state index contributed by atoms with van der Waals surface area (Å²) in [6.07, 6.45) is 5.49. The maximum atomic E-state index is 5.59. The third-order valence-electron chi connectivity index (χ3n) is 2.84. The van der Waals surface area contributed by atoms with Gasteiger partial charge in [-0.2, -0.15) is 0 Å². The molecule has 106 valence electrons. The minimum Gasteiger partial charge on any atom is -0.494 e. The molecule has 0 bridgehead atoms. The number of rotatable bonds is 7. The van der Waals surface area contributed by atoms with Gasteiger partial charge in [0.25, 0.3) is 0 Å². The van der Waals surface area contributed by atoms with Crippen molar-refractivity contribution in [2.45, 2.75) is 26.7 Å². The number of hydrogen-bond donors (Lipinski definition) is 1. The van der Waals surface area contributed by atoms with E-state index < -0.39 is 0 Å². The lowest BCUT2D eigenvalue weighted by Gasteiger charge is -2.10. The van der Waals surface area contributed by atoms with Crippen molar-refractivity contribution >= 4 is 5.82 Å². The van der Waals surface area contributed by atoms with Crippen molar-refractivity contribution < 1.29 is 4.74 Å². The van der Waals surface area contributed by atoms with E-state index in [1.54, 1.807) is 12.4 Å². The fourth-order valence-electron chi connectivity index (χ4n) is 1.85. The molecule has 0 fully saturated rings. The smallest absolute Gasteiger partial charge is 0.152 e. The van der Waals surface area contributed by atoms with Crippen LogP contribution in [0.3, 0.4) is 0 Å². The first kappa shape index (κ1) is 14.3. The lowest BCUT2D eigenvalue weighted by Crippen LogP contribution is -2.04. The van der Waals surface area contributed by atoms with Crippen LogP contribution in [0.5, 0.6) is 5.75 Å². The molecule has 20 heavy (non-hydrogen) atoms. The Morgan fingerprint density at radius 2 is 1.75 bits per heavy atom. The number of ether oxygens (including phenoxy) is 1. The van der Waals surface area contributed by atoms with Crippen LogP contribution in [-0.2, 0) is 0 Å². The molecule has 0 aliphatic carbocycles. The van der Waals surface area contributed by atoms with Gasteiger partial charge in [0.1, 0.15) is 11.4 Å². The third kappa shape index (κ3) is 3.70. The van der Waals surface area contributed by atoms with Gasteiger partial charge in [-0.05, 0) is 37.1 Å². The van der Waals surface area contributed by atoms with E-state index >= 15 is 0 Å². The van der Waals surface area contributed by atoms with Crippen LogP contribution < -0.4 is 10.1 Å². The van der Waals surface area contributed by atoms with Crippen LogP contribution in [-0.4, -0.2) is 23.1 Å². The summed E-state index contributed by atoms with van der Waals surface area (Å²) in [7, 11) is 0. The molecule has 4 nitrogen and oxygen atoms in total. The van der Waals surface area contributed by atoms with Gasteiger partial charge >= 0.3 is 0 Å². The van der Waals surface area contributed by atoms with E-state index in [1.165, 1.54) is 0 Å². The van der Waals surface area contributed by atoms with Gasteiger partial charge in [-0.25, -0.2) is 4.98 Å². The fraction of sp³-hybridized carbons (Fsp3) is 0.375. The van der Waals surface area contributed by atoms with E-state index in [0.29, 0.717) is 0 Å². The van der Waals surface area contributed by atoms with Crippen LogP contribution in [0.25, 0.3) is 11.3 Å². The highest BCUT2D eigenvalue weighted by Gasteiger charge is 2.07. The molecule has 4 heteroatoms. The van der Waals surface area contributed by atoms with Crippen molar-refractivity contribution in [3.8, 4) is 17.0 Å². The number of benzene rings is 1. The Morgan fingerprint density at radius 3 is 2.45 bits per heavy atom. The summed E-state index contributed by atoms with van der Waals surface area (Å²) in [5, 5.41) is 3.31. The summed E-state index contributed by atoms with van der Waals surface area (Å²) in [6.45, 7) is 5.86. The number of anilines is 1. The fourth-order valence-corrected chi connectivity index (χ4v) is 1.85. The Kier molecular flexibility index (Phi) is 5.35. The van der Waals surface area contributed by atoms with E-state index in [0.717, 1.165) is 48.8 Å². The van der Waals surface area contributed by atoms with E-state index in [9.17, 15) is 0 Å². The van der Waals surface area contributed by atoms with Gasteiger partial charge in [-0.3, -0.25) is 4.98 Å². The van der Waals surface area contributed by atoms with Crippen LogP contribution in [0.2, 0.25) is 0 Å². The average Bonchev–Trinajstić information content (AvgIpc) is 2.52. The highest BCUT2D eigenvalue weighted by Crippen LogP contribution is 2.25. The Hall–Kier alpha value is -2.10. The molecule has 2 rings (SSSR count). The zero-order valence-electron chi connectivity index (χ0n) is 12.1. The summed E-state index contributed by atoms with van der Waals surface area (Å²) in [5.41, 5.74) is 1.92. The average molecular weight is 271 g/mol. The lowest BCUT2D eigenvalue weighted by molar-refractivity contribution is 0.317. The third-order valence-corrected chi connectivity index (χ3v) is 2.84. The van der Waals surface area contributed by atoms with E-state index in [4.69, 9.17) is 4.74 Å². The molecule has 1 heterocycles. The predicted molar refractivity (Wildman–Crippen MR) is 82.0 cm³/mol. The molecule has 1 aromatic carbocycles. The second kappa shape index (κ2) is 7.48. The molecular formula is C16H21N3O. The highest BCUT2D eigenvalue weighted by molar-refractivity contribution is 5.71. The van der Waals surface area contributed by atoms with Gasteiger partial charge in [0.05, 0.1) is 6.61 Å². The molecule has 0 radical (unpaired) electrons. The Balaban J connectivity index is 2.18. The summed E-state index contributed by atoms with van der Waals surface area (Å²) < 4.78 is 5.59. The van der Waals surface area contributed by atoms with Crippen LogP contribution in [0.15, 0.2) is 36.7 Å². The van der Waals surface area contributed by atoms with E-state index in [1.807, 2.05) is 24.3 Å². The standard InChI is InChI=1S/C16H21N3O/c1-3-9-18-16-15(17-10-11-19-16)13-5-7-14(8-6-13)20-12-4-2/h5-8,10-11H,3-4,9,12H2,1-2H3,(H,18,19). The second-order valence-electron chi connectivity index (χ2n) is 4.55. The van der Waals surface area contributed by atoms with Crippen molar-refractivity contribution in [1.29, 1.82) is 0 Å². The number of hydrogen-bond acceptors (Lipinski definition) is 4. The Morgan fingerprint density at radius 1 is 1.00 bits per heavy atom. The monoisotopic (exact) mass is 271 g/mol. The molecule has 0 aliphatic heterocycles. The van der Waals surface area contributed by atoms with Crippen molar-refractivity contribution in [2.75, 3.05) is 18.5 Å². The van der Waals surface area contributed by atoms with Crippen molar-refractivity contribution in [3.63, 3.8) is 0 Å². The number of nitrogens with zero attached hydrogens (tertiary/aromatic N) is 2. The first-order chi connectivity index (χ1) is 9.85. The maximum absolute atomic E-state index is 5.59. The summed E-state index contributed by atoms with van der Waals surface area (Å²) in [6, 6.07) is 7.99. The van der Waals surface area contributed by atoms with Gasteiger partial charge in [0.2, 0.25) is 0 Å². The van der Waals surface area contributed by atoms with E-state index in [-0.39, 0.29) is 0 Å². The quantitative estimate of drug-likeness (QED) is 0.833. The van der Waals surface area contributed by atoms with Crippen LogP contribution in [0, 0.1) is 0 Å². The SMILES string of the molecule is CCCNc1nccnc1-c1ccc(OCCC)cc1. The topological polar surface area (TPSA) is 47.0 Å². The summed E-state index contributed by atoms with van der Waals surface area (Å²) >= 11 is 0. The molecule has 1 aromatic heterocycles. The van der Waals surface area contributed by atoms with Gasteiger partial charge in [0, 0.05) is 24.5 Å². The van der Waals surface area contributed by atoms with Gasteiger partial charge in [-0.1, -0.05) is 13.8 Å². The molecule has 0 saturated carbocycles. The summed E-state index contributed by atoms with van der Waals surface area (Å²) in [4.78, 5) is 8.79. The number of nitrogens with one attached hydrogen (secondary N) is 1. The van der Waals surface area contributed by atoms with Crippen molar-refractivity contribution in [1.82, 2.24) is 9.97 Å². The molecule has 0 atom stereocenters. The molecule has 1 N–H and O–H groups in total. The normalized spacial score (nSPS) is 10.3. The molecule has 0 unspecified atom stereocenters. The van der Waals surface area contributed by atoms with Crippen LogP contribution >= 0.6 is 0 Å². The minimum absolute atomic E-state index is 0.744.